The van der Waals surface area contributed by atoms with E-state index in [1.54, 1.807) is 0 Å². The molecule has 0 heteroatoms. The van der Waals surface area contributed by atoms with E-state index >= 15 is 0 Å². The van der Waals surface area contributed by atoms with Crippen molar-refractivity contribution in [3.63, 3.8) is 0 Å². The van der Waals surface area contributed by atoms with Gasteiger partial charge in [-0.2, -0.15) is 0 Å². The van der Waals surface area contributed by atoms with Crippen LogP contribution in [-0.4, -0.2) is 0 Å². The third-order valence-electron chi connectivity index (χ3n) is 5.20. The number of unbranched alkanes of at least 4 members (excludes halogenated alkanes) is 4. The molecule has 1 saturated carbocycles. The van der Waals surface area contributed by atoms with Gasteiger partial charge in [-0.15, -0.1) is 6.58 Å². The van der Waals surface area contributed by atoms with Gasteiger partial charge in [-0.1, -0.05) is 64.4 Å². The Morgan fingerprint density at radius 1 is 1.05 bits per heavy atom. The summed E-state index contributed by atoms with van der Waals surface area (Å²) in [7, 11) is 0. The molecule has 0 nitrogen and oxygen atoms in total. The maximum absolute atomic E-state index is 3.97. The molecule has 0 heterocycles. The van der Waals surface area contributed by atoms with E-state index in [0.29, 0.717) is 0 Å². The predicted molar refractivity (Wildman–Crippen MR) is 87.4 cm³/mol. The summed E-state index contributed by atoms with van der Waals surface area (Å²) in [6, 6.07) is 0. The number of rotatable bonds is 9. The molecular formula is C19H36. The normalized spacial score (nSPS) is 27.4. The molecule has 1 aliphatic carbocycles. The fourth-order valence-corrected chi connectivity index (χ4v) is 3.83. The molecule has 19 heavy (non-hydrogen) atoms. The molecule has 0 saturated heterocycles. The zero-order valence-corrected chi connectivity index (χ0v) is 13.7. The minimum Gasteiger partial charge on any atom is -0.100 e. The third kappa shape index (κ3) is 7.18. The Kier molecular flexibility index (Phi) is 8.50. The fraction of sp³-hybridized carbons (Fsp3) is 0.895. The van der Waals surface area contributed by atoms with Gasteiger partial charge in [-0.3, -0.25) is 0 Å². The van der Waals surface area contributed by atoms with Gasteiger partial charge >= 0.3 is 0 Å². The fourth-order valence-electron chi connectivity index (χ4n) is 3.83. The lowest BCUT2D eigenvalue weighted by molar-refractivity contribution is 0.179. The van der Waals surface area contributed by atoms with Crippen molar-refractivity contribution in [1.29, 1.82) is 0 Å². The van der Waals surface area contributed by atoms with Gasteiger partial charge in [0.05, 0.1) is 0 Å². The van der Waals surface area contributed by atoms with Crippen LogP contribution in [0.4, 0.5) is 0 Å². The SMILES string of the molecule is C=C(C)CCCCCCCC1CCC(CC)C(C)C1. The summed E-state index contributed by atoms with van der Waals surface area (Å²) < 4.78 is 0. The summed E-state index contributed by atoms with van der Waals surface area (Å²) in [5.41, 5.74) is 1.35. The molecule has 0 amide bonds. The summed E-state index contributed by atoms with van der Waals surface area (Å²) in [6.07, 6.45) is 15.8. The predicted octanol–water partition coefficient (Wildman–Crippen LogP) is 6.76. The van der Waals surface area contributed by atoms with E-state index in [9.17, 15) is 0 Å². The first kappa shape index (κ1) is 16.8. The van der Waals surface area contributed by atoms with Gasteiger partial charge in [0, 0.05) is 0 Å². The molecule has 0 aromatic carbocycles. The van der Waals surface area contributed by atoms with Gasteiger partial charge in [-0.05, 0) is 50.4 Å². The van der Waals surface area contributed by atoms with E-state index in [0.717, 1.165) is 17.8 Å². The quantitative estimate of drug-likeness (QED) is 0.319. The lowest BCUT2D eigenvalue weighted by Crippen LogP contribution is -2.22. The van der Waals surface area contributed by atoms with Crippen molar-refractivity contribution < 1.29 is 0 Å². The number of allylic oxidation sites excluding steroid dienone is 1. The summed E-state index contributed by atoms with van der Waals surface area (Å²) in [5.74, 6) is 3.06. The maximum atomic E-state index is 3.97. The average Bonchev–Trinajstić information content (AvgIpc) is 2.37. The van der Waals surface area contributed by atoms with Crippen LogP contribution in [0, 0.1) is 17.8 Å². The molecule has 0 aliphatic heterocycles. The minimum atomic E-state index is 0.985. The highest BCUT2D eigenvalue weighted by molar-refractivity contribution is 4.87. The smallest absolute Gasteiger partial charge is 0.0326 e. The Morgan fingerprint density at radius 3 is 2.37 bits per heavy atom. The van der Waals surface area contributed by atoms with Crippen LogP contribution in [0.15, 0.2) is 12.2 Å². The van der Waals surface area contributed by atoms with Crippen LogP contribution in [0.5, 0.6) is 0 Å². The summed E-state index contributed by atoms with van der Waals surface area (Å²) in [5, 5.41) is 0. The summed E-state index contributed by atoms with van der Waals surface area (Å²) in [4.78, 5) is 0. The van der Waals surface area contributed by atoms with Crippen molar-refractivity contribution in [3.8, 4) is 0 Å². The highest BCUT2D eigenvalue weighted by Crippen LogP contribution is 2.37. The van der Waals surface area contributed by atoms with Crippen LogP contribution in [0.1, 0.15) is 91.4 Å². The van der Waals surface area contributed by atoms with Gasteiger partial charge in [0.25, 0.3) is 0 Å². The maximum Gasteiger partial charge on any atom is -0.0326 e. The molecule has 3 atom stereocenters. The Bertz CT molecular complexity index is 240. The topological polar surface area (TPSA) is 0 Å². The van der Waals surface area contributed by atoms with Crippen LogP contribution in [0.3, 0.4) is 0 Å². The van der Waals surface area contributed by atoms with Crippen molar-refractivity contribution in [3.05, 3.63) is 12.2 Å². The highest BCUT2D eigenvalue weighted by Gasteiger charge is 2.25. The molecular weight excluding hydrogens is 228 g/mol. The van der Waals surface area contributed by atoms with Gasteiger partial charge < -0.3 is 0 Å². The molecule has 0 radical (unpaired) electrons. The zero-order chi connectivity index (χ0) is 14.1. The van der Waals surface area contributed by atoms with Crippen molar-refractivity contribution >= 4 is 0 Å². The molecule has 3 unspecified atom stereocenters. The first-order valence-corrected chi connectivity index (χ1v) is 8.77. The van der Waals surface area contributed by atoms with E-state index in [1.807, 2.05) is 0 Å². The lowest BCUT2D eigenvalue weighted by atomic mass is 9.72. The molecule has 1 aliphatic rings. The summed E-state index contributed by atoms with van der Waals surface area (Å²) in [6.45, 7) is 11.0. The second-order valence-electron chi connectivity index (χ2n) is 7.09. The Balaban J connectivity index is 1.97. The van der Waals surface area contributed by atoms with E-state index < -0.39 is 0 Å². The molecule has 0 bridgehead atoms. The van der Waals surface area contributed by atoms with E-state index in [1.165, 1.54) is 76.2 Å². The number of hydrogen-bond donors (Lipinski definition) is 0. The minimum absolute atomic E-state index is 0.985. The highest BCUT2D eigenvalue weighted by atomic mass is 14.3. The van der Waals surface area contributed by atoms with Crippen LogP contribution in [0.25, 0.3) is 0 Å². The number of hydrogen-bond acceptors (Lipinski definition) is 0. The monoisotopic (exact) mass is 264 g/mol. The Labute approximate surface area is 122 Å². The van der Waals surface area contributed by atoms with E-state index in [-0.39, 0.29) is 0 Å². The van der Waals surface area contributed by atoms with Crippen LogP contribution < -0.4 is 0 Å². The molecule has 0 aromatic heterocycles. The first-order valence-electron chi connectivity index (χ1n) is 8.77. The van der Waals surface area contributed by atoms with E-state index in [4.69, 9.17) is 0 Å². The van der Waals surface area contributed by atoms with E-state index in [2.05, 4.69) is 27.4 Å². The molecule has 0 spiro atoms. The molecule has 0 aromatic rings. The third-order valence-corrected chi connectivity index (χ3v) is 5.20. The van der Waals surface area contributed by atoms with Crippen LogP contribution in [-0.2, 0) is 0 Å². The van der Waals surface area contributed by atoms with Crippen molar-refractivity contribution in [2.24, 2.45) is 17.8 Å². The van der Waals surface area contributed by atoms with Gasteiger partial charge in [0.15, 0.2) is 0 Å². The average molecular weight is 264 g/mol. The lowest BCUT2D eigenvalue weighted by Gasteiger charge is -2.33. The van der Waals surface area contributed by atoms with Crippen LogP contribution in [0.2, 0.25) is 0 Å². The Morgan fingerprint density at radius 2 is 1.74 bits per heavy atom. The molecule has 112 valence electrons. The standard InChI is InChI=1S/C19H36/c1-5-19-14-13-18(15-17(19)4)12-10-8-6-7-9-11-16(2)3/h17-19H,2,5-15H2,1,3-4H3. The van der Waals surface area contributed by atoms with Gasteiger partial charge in [-0.25, -0.2) is 0 Å². The molecule has 0 N–H and O–H groups in total. The van der Waals surface area contributed by atoms with Gasteiger partial charge in [0.2, 0.25) is 0 Å². The summed E-state index contributed by atoms with van der Waals surface area (Å²) >= 11 is 0. The zero-order valence-electron chi connectivity index (χ0n) is 13.7. The second kappa shape index (κ2) is 9.61. The molecule has 1 rings (SSSR count). The van der Waals surface area contributed by atoms with Crippen LogP contribution >= 0.6 is 0 Å². The first-order chi connectivity index (χ1) is 9.13. The van der Waals surface area contributed by atoms with Crippen molar-refractivity contribution in [2.75, 3.05) is 0 Å². The van der Waals surface area contributed by atoms with Gasteiger partial charge in [0.1, 0.15) is 0 Å². The second-order valence-corrected chi connectivity index (χ2v) is 7.09. The van der Waals surface area contributed by atoms with Crippen molar-refractivity contribution in [2.45, 2.75) is 91.4 Å². The largest absolute Gasteiger partial charge is 0.100 e. The molecule has 1 fully saturated rings. The van der Waals surface area contributed by atoms with Crippen molar-refractivity contribution in [1.82, 2.24) is 0 Å². The Hall–Kier alpha value is -0.260.